The van der Waals surface area contributed by atoms with Crippen LogP contribution in [0.1, 0.15) is 33.5 Å². The molecule has 0 aliphatic carbocycles. The highest BCUT2D eigenvalue weighted by Gasteiger charge is 2.39. The molecular formula is C30H35Cl2F6N5O2. The average molecular weight is 683 g/mol. The molecular weight excluding hydrogens is 647 g/mol. The summed E-state index contributed by atoms with van der Waals surface area (Å²) in [5.41, 5.74) is -2.04. The highest BCUT2D eigenvalue weighted by molar-refractivity contribution is 5.95. The van der Waals surface area contributed by atoms with Crippen molar-refractivity contribution >= 4 is 47.5 Å². The fourth-order valence-corrected chi connectivity index (χ4v) is 5.89. The average Bonchev–Trinajstić information content (AvgIpc) is 3.22. The van der Waals surface area contributed by atoms with Gasteiger partial charge in [-0.1, -0.05) is 18.2 Å². The van der Waals surface area contributed by atoms with Crippen LogP contribution in [-0.2, 0) is 23.6 Å². The minimum absolute atomic E-state index is 0. The van der Waals surface area contributed by atoms with Gasteiger partial charge in [-0.3, -0.25) is 14.5 Å². The molecule has 0 unspecified atom stereocenters. The molecule has 2 aromatic carbocycles. The standard InChI is InChI=1S/C30H33F6N5O2.2ClH/c1-38-7-4-8-40(11-9-38)27(42)19-39-10-12-41(24(18-39)15-21-17-37-26-6-3-2-5-25(21)26)28(43)20-13-22(29(31,32)33)16-23(14-20)30(34,35)36;;/h2-3,5-6,13-14,16-17,24,37H,4,7-12,15,18-19H2,1H3;2*1H/t24-;;/m1../s1. The molecule has 0 radical (unpaired) electrons. The second kappa shape index (κ2) is 14.6. The molecule has 1 atom stereocenters. The molecule has 5 rings (SSSR count). The lowest BCUT2D eigenvalue weighted by atomic mass is 9.98. The lowest BCUT2D eigenvalue weighted by molar-refractivity contribution is -0.143. The number of rotatable bonds is 5. The molecule has 0 bridgehead atoms. The van der Waals surface area contributed by atoms with E-state index in [2.05, 4.69) is 9.88 Å². The zero-order valence-corrected chi connectivity index (χ0v) is 26.1. The summed E-state index contributed by atoms with van der Waals surface area (Å²) >= 11 is 0. The Bertz CT molecular complexity index is 1450. The number of para-hydroxylation sites is 1. The number of H-pyrrole nitrogens is 1. The van der Waals surface area contributed by atoms with Crippen molar-refractivity contribution in [2.75, 3.05) is 59.4 Å². The van der Waals surface area contributed by atoms with Gasteiger partial charge in [-0.05, 0) is 56.3 Å². The third-order valence-electron chi connectivity index (χ3n) is 8.22. The normalized spacial score (nSPS) is 18.7. The topological polar surface area (TPSA) is 62.9 Å². The van der Waals surface area contributed by atoms with Crippen molar-refractivity contribution in [2.45, 2.75) is 31.2 Å². The first-order valence-corrected chi connectivity index (χ1v) is 14.1. The molecule has 45 heavy (non-hydrogen) atoms. The quantitative estimate of drug-likeness (QED) is 0.357. The number of likely N-dealkylation sites (N-methyl/N-ethyl adjacent to an activating group) is 1. The van der Waals surface area contributed by atoms with Crippen LogP contribution >= 0.6 is 24.8 Å². The van der Waals surface area contributed by atoms with Crippen molar-refractivity contribution in [1.29, 1.82) is 0 Å². The molecule has 2 aliphatic heterocycles. The number of benzene rings is 2. The Morgan fingerprint density at radius 1 is 0.867 bits per heavy atom. The number of aromatic amines is 1. The Morgan fingerprint density at radius 2 is 1.53 bits per heavy atom. The summed E-state index contributed by atoms with van der Waals surface area (Å²) in [6.07, 6.45) is -7.20. The van der Waals surface area contributed by atoms with Crippen LogP contribution < -0.4 is 0 Å². The van der Waals surface area contributed by atoms with Crippen molar-refractivity contribution in [2.24, 2.45) is 0 Å². The van der Waals surface area contributed by atoms with Crippen LogP contribution in [0.4, 0.5) is 26.3 Å². The number of fused-ring (bicyclic) bond motifs is 1. The van der Waals surface area contributed by atoms with Crippen molar-refractivity contribution in [3.8, 4) is 0 Å². The fourth-order valence-electron chi connectivity index (χ4n) is 5.89. The number of nitrogens with zero attached hydrogens (tertiary/aromatic N) is 4. The highest BCUT2D eigenvalue weighted by Crippen LogP contribution is 2.37. The number of hydrogen-bond donors (Lipinski definition) is 1. The van der Waals surface area contributed by atoms with Gasteiger partial charge in [0.1, 0.15) is 0 Å². The Balaban J connectivity index is 0.00000276. The smallest absolute Gasteiger partial charge is 0.361 e. The van der Waals surface area contributed by atoms with Crippen LogP contribution in [0.25, 0.3) is 10.9 Å². The third-order valence-corrected chi connectivity index (χ3v) is 8.22. The fraction of sp³-hybridized carbons (Fsp3) is 0.467. The lowest BCUT2D eigenvalue weighted by Gasteiger charge is -2.42. The number of nitrogens with one attached hydrogen (secondary N) is 1. The third kappa shape index (κ3) is 8.63. The van der Waals surface area contributed by atoms with E-state index in [0.717, 1.165) is 36.0 Å². The van der Waals surface area contributed by atoms with Crippen molar-refractivity contribution in [1.82, 2.24) is 24.6 Å². The summed E-state index contributed by atoms with van der Waals surface area (Å²) in [7, 11) is 2.00. The predicted molar refractivity (Wildman–Crippen MR) is 163 cm³/mol. The number of piperazine rings is 1. The molecule has 2 fully saturated rings. The summed E-state index contributed by atoms with van der Waals surface area (Å²) in [5, 5.41) is 0.898. The zero-order valence-electron chi connectivity index (χ0n) is 24.5. The Labute approximate surface area is 269 Å². The van der Waals surface area contributed by atoms with Crippen LogP contribution in [0, 0.1) is 0 Å². The molecule has 248 valence electrons. The van der Waals surface area contributed by atoms with E-state index in [1.165, 1.54) is 4.90 Å². The van der Waals surface area contributed by atoms with Gasteiger partial charge < -0.3 is 19.7 Å². The van der Waals surface area contributed by atoms with Crippen LogP contribution in [-0.4, -0.2) is 102 Å². The van der Waals surface area contributed by atoms with Gasteiger partial charge in [-0.15, -0.1) is 24.8 Å². The number of amides is 2. The van der Waals surface area contributed by atoms with E-state index >= 15 is 0 Å². The molecule has 2 aliphatic rings. The van der Waals surface area contributed by atoms with E-state index < -0.39 is 41.0 Å². The number of hydrogen-bond acceptors (Lipinski definition) is 4. The molecule has 7 nitrogen and oxygen atoms in total. The monoisotopic (exact) mass is 681 g/mol. The van der Waals surface area contributed by atoms with Gasteiger partial charge >= 0.3 is 12.4 Å². The van der Waals surface area contributed by atoms with E-state index in [4.69, 9.17) is 0 Å². The van der Waals surface area contributed by atoms with E-state index in [0.29, 0.717) is 31.6 Å². The molecule has 15 heteroatoms. The first-order valence-electron chi connectivity index (χ1n) is 14.1. The number of carbonyl (C=O) groups excluding carboxylic acids is 2. The maximum atomic E-state index is 13.7. The van der Waals surface area contributed by atoms with E-state index in [9.17, 15) is 35.9 Å². The molecule has 1 N–H and O–H groups in total. The van der Waals surface area contributed by atoms with Crippen LogP contribution in [0.2, 0.25) is 0 Å². The summed E-state index contributed by atoms with van der Waals surface area (Å²) < 4.78 is 81.3. The van der Waals surface area contributed by atoms with Gasteiger partial charge in [0.25, 0.3) is 5.91 Å². The Kier molecular flexibility index (Phi) is 11.8. The Hall–Kier alpha value is -3.00. The van der Waals surface area contributed by atoms with Crippen molar-refractivity contribution in [3.63, 3.8) is 0 Å². The number of halogens is 8. The van der Waals surface area contributed by atoms with Gasteiger partial charge in [0, 0.05) is 68.0 Å². The first-order chi connectivity index (χ1) is 20.3. The molecule has 3 heterocycles. The van der Waals surface area contributed by atoms with Crippen LogP contribution in [0.3, 0.4) is 0 Å². The lowest BCUT2D eigenvalue weighted by Crippen LogP contribution is -2.57. The van der Waals surface area contributed by atoms with Gasteiger partial charge in [-0.2, -0.15) is 26.3 Å². The summed E-state index contributed by atoms with van der Waals surface area (Å²) in [5.74, 6) is -0.961. The van der Waals surface area contributed by atoms with E-state index in [1.54, 1.807) is 6.20 Å². The molecule has 0 spiro atoms. The second-order valence-electron chi connectivity index (χ2n) is 11.3. The number of aromatic nitrogens is 1. The van der Waals surface area contributed by atoms with Gasteiger partial charge in [-0.25, -0.2) is 0 Å². The largest absolute Gasteiger partial charge is 0.416 e. The van der Waals surface area contributed by atoms with Gasteiger partial charge in [0.2, 0.25) is 5.91 Å². The number of carbonyl (C=O) groups is 2. The summed E-state index contributed by atoms with van der Waals surface area (Å²) in [4.78, 5) is 37.3. The van der Waals surface area contributed by atoms with E-state index in [-0.39, 0.29) is 63.0 Å². The molecule has 2 amide bonds. The minimum Gasteiger partial charge on any atom is -0.361 e. The zero-order chi connectivity index (χ0) is 30.9. The van der Waals surface area contributed by atoms with E-state index in [1.807, 2.05) is 41.1 Å². The highest BCUT2D eigenvalue weighted by atomic mass is 35.5. The molecule has 3 aromatic rings. The van der Waals surface area contributed by atoms with Gasteiger partial charge in [0.15, 0.2) is 0 Å². The van der Waals surface area contributed by atoms with Crippen LogP contribution in [0.5, 0.6) is 0 Å². The molecule has 2 saturated heterocycles. The molecule has 1 aromatic heterocycles. The Morgan fingerprint density at radius 3 is 2.20 bits per heavy atom. The summed E-state index contributed by atoms with van der Waals surface area (Å²) in [6, 6.07) is 7.87. The SMILES string of the molecule is CN1CCCN(C(=O)CN2CCN(C(=O)c3cc(C(F)(F)F)cc(C(F)(F)F)c3)[C@H](Cc3c[nH]c4ccccc34)C2)CC1.Cl.Cl. The predicted octanol–water partition coefficient (Wildman–Crippen LogP) is 5.58. The van der Waals surface area contributed by atoms with Crippen LogP contribution in [0.15, 0.2) is 48.7 Å². The second-order valence-corrected chi connectivity index (χ2v) is 11.3. The maximum Gasteiger partial charge on any atom is 0.416 e. The van der Waals surface area contributed by atoms with Crippen molar-refractivity contribution in [3.05, 3.63) is 70.9 Å². The number of alkyl halides is 6. The van der Waals surface area contributed by atoms with Gasteiger partial charge in [0.05, 0.1) is 17.7 Å². The maximum absolute atomic E-state index is 13.7. The van der Waals surface area contributed by atoms with Crippen molar-refractivity contribution < 1.29 is 35.9 Å². The first kappa shape index (κ1) is 36.5. The minimum atomic E-state index is -5.07. The molecule has 0 saturated carbocycles. The summed E-state index contributed by atoms with van der Waals surface area (Å²) in [6.45, 7) is 3.52.